The van der Waals surface area contributed by atoms with E-state index in [-0.39, 0.29) is 30.2 Å². The molecule has 2 amide bonds. The van der Waals surface area contributed by atoms with Gasteiger partial charge in [0, 0.05) is 37.4 Å². The van der Waals surface area contributed by atoms with E-state index in [1.165, 1.54) is 24.1 Å². The molecule has 0 aliphatic carbocycles. The smallest absolute Gasteiger partial charge is 0.227 e. The van der Waals surface area contributed by atoms with Crippen LogP contribution in [0, 0.1) is 5.92 Å². The fraction of sp³-hybridized carbons (Fsp3) is 0.440. The summed E-state index contributed by atoms with van der Waals surface area (Å²) in [5.74, 6) is -0.344. The van der Waals surface area contributed by atoms with Gasteiger partial charge in [-0.25, -0.2) is 0 Å². The molecule has 2 atom stereocenters. The molecule has 2 unspecified atom stereocenters. The number of benzene rings is 2. The van der Waals surface area contributed by atoms with Gasteiger partial charge in [-0.15, -0.1) is 0 Å². The maximum absolute atomic E-state index is 12.8. The van der Waals surface area contributed by atoms with Crippen LogP contribution in [0.2, 0.25) is 0 Å². The maximum Gasteiger partial charge on any atom is 0.227 e. The first kappa shape index (κ1) is 20.5. The van der Waals surface area contributed by atoms with Crippen LogP contribution in [0.5, 0.6) is 0 Å². The third-order valence-corrected chi connectivity index (χ3v) is 6.38. The lowest BCUT2D eigenvalue weighted by Gasteiger charge is -2.21. The Labute approximate surface area is 179 Å². The van der Waals surface area contributed by atoms with E-state index in [4.69, 9.17) is 0 Å². The lowest BCUT2D eigenvalue weighted by molar-refractivity contribution is -0.126. The topological polar surface area (TPSA) is 52.7 Å². The molecule has 0 radical (unpaired) electrons. The van der Waals surface area contributed by atoms with Crippen molar-refractivity contribution in [2.24, 2.45) is 5.92 Å². The van der Waals surface area contributed by atoms with Gasteiger partial charge in [0.05, 0.1) is 12.0 Å². The lowest BCUT2D eigenvalue weighted by atomic mass is 10.0. The van der Waals surface area contributed by atoms with Crippen molar-refractivity contribution in [3.8, 4) is 0 Å². The SMILES string of the molecule is CCc1ccc(C(C)NC(=O)C2CC(=O)N(c3ccc(N4CCCC4)cc3)C2)cc1. The highest BCUT2D eigenvalue weighted by atomic mass is 16.2. The summed E-state index contributed by atoms with van der Waals surface area (Å²) in [6.07, 6.45) is 3.75. The third-order valence-electron chi connectivity index (χ3n) is 6.38. The molecule has 2 aliphatic rings. The van der Waals surface area contributed by atoms with Gasteiger partial charge >= 0.3 is 0 Å². The highest BCUT2D eigenvalue weighted by Crippen LogP contribution is 2.29. The summed E-state index contributed by atoms with van der Waals surface area (Å²) in [6.45, 7) is 6.76. The number of hydrogen-bond acceptors (Lipinski definition) is 3. The van der Waals surface area contributed by atoms with Gasteiger partial charge in [-0.1, -0.05) is 31.2 Å². The molecular weight excluding hydrogens is 374 g/mol. The molecule has 2 aliphatic heterocycles. The van der Waals surface area contributed by atoms with Crippen molar-refractivity contribution in [1.82, 2.24) is 5.32 Å². The molecule has 0 spiro atoms. The minimum Gasteiger partial charge on any atom is -0.372 e. The monoisotopic (exact) mass is 405 g/mol. The summed E-state index contributed by atoms with van der Waals surface area (Å²) >= 11 is 0. The van der Waals surface area contributed by atoms with Crippen molar-refractivity contribution in [3.63, 3.8) is 0 Å². The van der Waals surface area contributed by atoms with Gasteiger partial charge in [-0.2, -0.15) is 0 Å². The summed E-state index contributed by atoms with van der Waals surface area (Å²) in [5, 5.41) is 3.09. The van der Waals surface area contributed by atoms with Crippen LogP contribution >= 0.6 is 0 Å². The minimum absolute atomic E-state index is 0.0176. The van der Waals surface area contributed by atoms with Gasteiger partial charge in [-0.05, 0) is 61.6 Å². The fourth-order valence-corrected chi connectivity index (χ4v) is 4.41. The zero-order chi connectivity index (χ0) is 21.1. The predicted molar refractivity (Wildman–Crippen MR) is 121 cm³/mol. The second kappa shape index (κ2) is 8.90. The molecule has 2 heterocycles. The van der Waals surface area contributed by atoms with Crippen molar-refractivity contribution in [2.75, 3.05) is 29.4 Å². The summed E-state index contributed by atoms with van der Waals surface area (Å²) in [6, 6.07) is 16.4. The molecule has 1 N–H and O–H groups in total. The minimum atomic E-state index is -0.312. The number of amides is 2. The highest BCUT2D eigenvalue weighted by molar-refractivity contribution is 6.00. The van der Waals surface area contributed by atoms with Gasteiger partial charge < -0.3 is 15.1 Å². The molecule has 2 saturated heterocycles. The van der Waals surface area contributed by atoms with E-state index in [0.717, 1.165) is 30.8 Å². The molecule has 5 nitrogen and oxygen atoms in total. The van der Waals surface area contributed by atoms with Crippen molar-refractivity contribution >= 4 is 23.2 Å². The fourth-order valence-electron chi connectivity index (χ4n) is 4.41. The molecule has 0 saturated carbocycles. The Morgan fingerprint density at radius 3 is 2.30 bits per heavy atom. The van der Waals surface area contributed by atoms with Crippen molar-refractivity contribution < 1.29 is 9.59 Å². The van der Waals surface area contributed by atoms with Crippen LogP contribution in [0.1, 0.15) is 50.3 Å². The Morgan fingerprint density at radius 1 is 1.03 bits per heavy atom. The number of aryl methyl sites for hydroxylation is 1. The quantitative estimate of drug-likeness (QED) is 0.788. The third kappa shape index (κ3) is 4.35. The Kier molecular flexibility index (Phi) is 6.07. The number of anilines is 2. The van der Waals surface area contributed by atoms with Crippen molar-refractivity contribution in [3.05, 3.63) is 59.7 Å². The molecule has 2 aromatic carbocycles. The highest BCUT2D eigenvalue weighted by Gasteiger charge is 2.35. The molecular formula is C25H31N3O2. The van der Waals surface area contributed by atoms with Crippen LogP contribution < -0.4 is 15.1 Å². The largest absolute Gasteiger partial charge is 0.372 e. The second-order valence-corrected chi connectivity index (χ2v) is 8.44. The van der Waals surface area contributed by atoms with E-state index in [0.29, 0.717) is 6.54 Å². The van der Waals surface area contributed by atoms with Crippen LogP contribution in [-0.2, 0) is 16.0 Å². The molecule has 0 aromatic heterocycles. The molecule has 30 heavy (non-hydrogen) atoms. The Hall–Kier alpha value is -2.82. The van der Waals surface area contributed by atoms with Gasteiger partial charge in [0.1, 0.15) is 0 Å². The van der Waals surface area contributed by atoms with E-state index < -0.39 is 0 Å². The average molecular weight is 406 g/mol. The van der Waals surface area contributed by atoms with E-state index >= 15 is 0 Å². The first-order chi connectivity index (χ1) is 14.5. The Balaban J connectivity index is 1.36. The van der Waals surface area contributed by atoms with Crippen molar-refractivity contribution in [1.29, 1.82) is 0 Å². The first-order valence-corrected chi connectivity index (χ1v) is 11.1. The number of rotatable bonds is 6. The zero-order valence-electron chi connectivity index (χ0n) is 17.9. The average Bonchev–Trinajstić information content (AvgIpc) is 3.44. The molecule has 2 fully saturated rings. The maximum atomic E-state index is 12.8. The summed E-state index contributed by atoms with van der Waals surface area (Å²) < 4.78 is 0. The number of carbonyl (C=O) groups is 2. The molecule has 0 bridgehead atoms. The molecule has 158 valence electrons. The van der Waals surface area contributed by atoms with Crippen LogP contribution in [-0.4, -0.2) is 31.4 Å². The van der Waals surface area contributed by atoms with Crippen LogP contribution in [0.3, 0.4) is 0 Å². The van der Waals surface area contributed by atoms with Gasteiger partial charge in [0.2, 0.25) is 11.8 Å². The van der Waals surface area contributed by atoms with Gasteiger partial charge in [-0.3, -0.25) is 9.59 Å². The standard InChI is InChI=1S/C25H31N3O2/c1-3-19-6-8-20(9-7-19)18(2)26-25(30)21-16-24(29)28(17-21)23-12-10-22(11-13-23)27-14-4-5-15-27/h6-13,18,21H,3-5,14-17H2,1-2H3,(H,26,30). The van der Waals surface area contributed by atoms with Crippen LogP contribution in [0.25, 0.3) is 0 Å². The first-order valence-electron chi connectivity index (χ1n) is 11.1. The lowest BCUT2D eigenvalue weighted by Crippen LogP contribution is -2.34. The summed E-state index contributed by atoms with van der Waals surface area (Å²) in [7, 11) is 0. The Morgan fingerprint density at radius 2 is 1.67 bits per heavy atom. The molecule has 2 aromatic rings. The van der Waals surface area contributed by atoms with Crippen LogP contribution in [0.15, 0.2) is 48.5 Å². The zero-order valence-corrected chi connectivity index (χ0v) is 17.9. The number of carbonyl (C=O) groups excluding carboxylic acids is 2. The van der Waals surface area contributed by atoms with Gasteiger partial charge in [0.25, 0.3) is 0 Å². The van der Waals surface area contributed by atoms with E-state index in [9.17, 15) is 9.59 Å². The number of nitrogens with one attached hydrogen (secondary N) is 1. The second-order valence-electron chi connectivity index (χ2n) is 8.44. The van der Waals surface area contributed by atoms with Crippen LogP contribution in [0.4, 0.5) is 11.4 Å². The van der Waals surface area contributed by atoms with E-state index in [1.54, 1.807) is 4.90 Å². The Bertz CT molecular complexity index is 886. The normalized spacial score (nSPS) is 19.9. The summed E-state index contributed by atoms with van der Waals surface area (Å²) in [5.41, 5.74) is 4.45. The van der Waals surface area contributed by atoms with E-state index in [2.05, 4.69) is 53.5 Å². The molecule has 5 heteroatoms. The molecule has 4 rings (SSSR count). The van der Waals surface area contributed by atoms with Gasteiger partial charge in [0.15, 0.2) is 0 Å². The van der Waals surface area contributed by atoms with Crippen molar-refractivity contribution in [2.45, 2.75) is 45.6 Å². The summed E-state index contributed by atoms with van der Waals surface area (Å²) in [4.78, 5) is 29.5. The predicted octanol–water partition coefficient (Wildman–Crippen LogP) is 4.08. The number of nitrogens with zero attached hydrogens (tertiary/aromatic N) is 2. The number of hydrogen-bond donors (Lipinski definition) is 1. The van der Waals surface area contributed by atoms with E-state index in [1.807, 2.05) is 19.1 Å².